The molecule has 162 valence electrons. The van der Waals surface area contributed by atoms with Crippen molar-refractivity contribution in [1.29, 1.82) is 0 Å². The summed E-state index contributed by atoms with van der Waals surface area (Å²) < 4.78 is 6.20. The largest absolute Gasteiger partial charge is 0.492 e. The number of benzene rings is 1. The van der Waals surface area contributed by atoms with Gasteiger partial charge in [-0.2, -0.15) is 0 Å². The first-order chi connectivity index (χ1) is 14.6. The maximum Gasteiger partial charge on any atom is 0.127 e. The third-order valence-corrected chi connectivity index (χ3v) is 6.27. The third kappa shape index (κ3) is 5.17. The molecule has 0 amide bonds. The van der Waals surface area contributed by atoms with Crippen molar-refractivity contribution in [2.45, 2.75) is 51.4 Å². The van der Waals surface area contributed by atoms with Crippen LogP contribution < -0.4 is 4.74 Å². The van der Waals surface area contributed by atoms with E-state index >= 15 is 0 Å². The van der Waals surface area contributed by atoms with Gasteiger partial charge in [0, 0.05) is 62.2 Å². The Kier molecular flexibility index (Phi) is 6.97. The standard InChI is InChI=1S/C24H35N5O/c1-4-24-25-12-19(13-26-24)14-28-11-7-9-21(28)17-29-15-20-8-5-6-10-23(20)30-18-22(29)16-27(2)3/h5-6,8,10,12-13,21-22H,4,7,9,11,14-18H2,1-3H3/t21-,22+/m0/s1. The lowest BCUT2D eigenvalue weighted by Gasteiger charge is -2.35. The van der Waals surface area contributed by atoms with Crippen LogP contribution in [-0.4, -0.2) is 77.1 Å². The molecule has 2 aromatic rings. The first kappa shape index (κ1) is 21.2. The number of fused-ring (bicyclic) bond motifs is 1. The van der Waals surface area contributed by atoms with Gasteiger partial charge in [-0.3, -0.25) is 9.80 Å². The maximum atomic E-state index is 6.20. The molecule has 2 atom stereocenters. The van der Waals surface area contributed by atoms with Crippen LogP contribution in [0.4, 0.5) is 0 Å². The molecular weight excluding hydrogens is 374 g/mol. The number of likely N-dealkylation sites (tertiary alicyclic amines) is 1. The van der Waals surface area contributed by atoms with Crippen LogP contribution in [0.15, 0.2) is 36.7 Å². The average molecular weight is 410 g/mol. The van der Waals surface area contributed by atoms with Crippen LogP contribution >= 0.6 is 0 Å². The molecule has 3 heterocycles. The lowest BCUT2D eigenvalue weighted by molar-refractivity contribution is 0.0874. The number of para-hydroxylation sites is 1. The van der Waals surface area contributed by atoms with E-state index in [9.17, 15) is 0 Å². The van der Waals surface area contributed by atoms with Crippen molar-refractivity contribution < 1.29 is 4.74 Å². The van der Waals surface area contributed by atoms with Gasteiger partial charge < -0.3 is 9.64 Å². The Morgan fingerprint density at radius 1 is 1.10 bits per heavy atom. The first-order valence-corrected chi connectivity index (χ1v) is 11.3. The lowest BCUT2D eigenvalue weighted by Crippen LogP contribution is -2.49. The molecule has 0 radical (unpaired) electrons. The van der Waals surface area contributed by atoms with Crippen LogP contribution in [0.3, 0.4) is 0 Å². The Morgan fingerprint density at radius 2 is 1.90 bits per heavy atom. The summed E-state index contributed by atoms with van der Waals surface area (Å²) in [6.07, 6.45) is 7.41. The van der Waals surface area contributed by atoms with E-state index < -0.39 is 0 Å². The van der Waals surface area contributed by atoms with Crippen molar-refractivity contribution in [2.75, 3.05) is 40.3 Å². The summed E-state index contributed by atoms with van der Waals surface area (Å²) >= 11 is 0. The van der Waals surface area contributed by atoms with Crippen LogP contribution in [0.2, 0.25) is 0 Å². The van der Waals surface area contributed by atoms with Crippen LogP contribution in [0.25, 0.3) is 0 Å². The minimum atomic E-state index is 0.391. The molecule has 6 nitrogen and oxygen atoms in total. The van der Waals surface area contributed by atoms with Crippen molar-refractivity contribution in [3.63, 3.8) is 0 Å². The summed E-state index contributed by atoms with van der Waals surface area (Å²) in [5.74, 6) is 1.96. The van der Waals surface area contributed by atoms with Gasteiger partial charge in [-0.05, 0) is 39.5 Å². The molecule has 0 spiro atoms. The number of aryl methyl sites for hydroxylation is 1. The van der Waals surface area contributed by atoms with Gasteiger partial charge in [-0.15, -0.1) is 0 Å². The predicted octanol–water partition coefficient (Wildman–Crippen LogP) is 2.83. The summed E-state index contributed by atoms with van der Waals surface area (Å²) in [6.45, 7) is 7.96. The minimum absolute atomic E-state index is 0.391. The number of ether oxygens (including phenoxy) is 1. The summed E-state index contributed by atoms with van der Waals surface area (Å²) in [7, 11) is 4.30. The highest BCUT2D eigenvalue weighted by Gasteiger charge is 2.31. The normalized spacial score (nSPS) is 22.7. The van der Waals surface area contributed by atoms with Gasteiger partial charge in [-0.25, -0.2) is 9.97 Å². The van der Waals surface area contributed by atoms with Gasteiger partial charge in [0.2, 0.25) is 0 Å². The molecule has 4 rings (SSSR count). The number of hydrogen-bond acceptors (Lipinski definition) is 6. The molecule has 0 aliphatic carbocycles. The SMILES string of the molecule is CCc1ncc(CN2CCC[C@H]2CN2Cc3ccccc3OC[C@H]2CN(C)C)cn1. The molecule has 2 aliphatic rings. The third-order valence-electron chi connectivity index (χ3n) is 6.27. The summed E-state index contributed by atoms with van der Waals surface area (Å²) in [4.78, 5) is 16.5. The van der Waals surface area contributed by atoms with Gasteiger partial charge in [0.15, 0.2) is 0 Å². The van der Waals surface area contributed by atoms with Gasteiger partial charge in [0.1, 0.15) is 18.2 Å². The number of likely N-dealkylation sites (N-methyl/N-ethyl adjacent to an activating group) is 1. The summed E-state index contributed by atoms with van der Waals surface area (Å²) in [6, 6.07) is 9.45. The second-order valence-corrected chi connectivity index (χ2v) is 8.89. The fourth-order valence-electron chi connectivity index (χ4n) is 4.68. The van der Waals surface area contributed by atoms with Crippen molar-refractivity contribution in [2.24, 2.45) is 0 Å². The predicted molar refractivity (Wildman–Crippen MR) is 120 cm³/mol. The van der Waals surface area contributed by atoms with Crippen LogP contribution in [0.5, 0.6) is 5.75 Å². The molecule has 1 aromatic heterocycles. The monoisotopic (exact) mass is 409 g/mol. The highest BCUT2D eigenvalue weighted by Crippen LogP contribution is 2.28. The minimum Gasteiger partial charge on any atom is -0.492 e. The molecule has 0 N–H and O–H groups in total. The smallest absolute Gasteiger partial charge is 0.127 e. The van der Waals surface area contributed by atoms with Gasteiger partial charge in [0.05, 0.1) is 6.04 Å². The van der Waals surface area contributed by atoms with E-state index in [-0.39, 0.29) is 0 Å². The molecule has 0 bridgehead atoms. The van der Waals surface area contributed by atoms with Crippen LogP contribution in [-0.2, 0) is 19.5 Å². The molecule has 1 fully saturated rings. The van der Waals surface area contributed by atoms with Gasteiger partial charge >= 0.3 is 0 Å². The van der Waals surface area contributed by atoms with Crippen molar-refractivity contribution >= 4 is 0 Å². The second kappa shape index (κ2) is 9.86. The quantitative estimate of drug-likeness (QED) is 0.701. The van der Waals surface area contributed by atoms with E-state index in [1.807, 2.05) is 12.4 Å². The van der Waals surface area contributed by atoms with E-state index in [0.29, 0.717) is 12.1 Å². The topological polar surface area (TPSA) is 44.7 Å². The van der Waals surface area contributed by atoms with Gasteiger partial charge in [-0.1, -0.05) is 25.1 Å². The second-order valence-electron chi connectivity index (χ2n) is 8.89. The molecule has 0 saturated carbocycles. The summed E-state index contributed by atoms with van der Waals surface area (Å²) in [5.41, 5.74) is 2.51. The van der Waals surface area contributed by atoms with Crippen molar-refractivity contribution in [3.8, 4) is 5.75 Å². The van der Waals surface area contributed by atoms with E-state index in [1.54, 1.807) is 0 Å². The highest BCUT2D eigenvalue weighted by molar-refractivity contribution is 5.34. The number of nitrogens with zero attached hydrogens (tertiary/aromatic N) is 5. The average Bonchev–Trinajstić information content (AvgIpc) is 3.10. The number of rotatable bonds is 7. The Labute approximate surface area is 180 Å². The molecule has 6 heteroatoms. The Bertz CT molecular complexity index is 809. The molecule has 1 aromatic carbocycles. The highest BCUT2D eigenvalue weighted by atomic mass is 16.5. The zero-order valence-corrected chi connectivity index (χ0v) is 18.6. The Morgan fingerprint density at radius 3 is 2.67 bits per heavy atom. The molecular formula is C24H35N5O. The Balaban J connectivity index is 1.47. The van der Waals surface area contributed by atoms with Gasteiger partial charge in [0.25, 0.3) is 0 Å². The van der Waals surface area contributed by atoms with E-state index in [2.05, 4.69) is 70.0 Å². The Hall–Kier alpha value is -2.02. The van der Waals surface area contributed by atoms with E-state index in [1.165, 1.54) is 24.0 Å². The van der Waals surface area contributed by atoms with Crippen molar-refractivity contribution in [1.82, 2.24) is 24.7 Å². The summed E-state index contributed by atoms with van der Waals surface area (Å²) in [5, 5.41) is 0. The molecule has 2 aliphatic heterocycles. The van der Waals surface area contributed by atoms with Crippen LogP contribution in [0.1, 0.15) is 36.7 Å². The zero-order chi connectivity index (χ0) is 20.9. The molecule has 30 heavy (non-hydrogen) atoms. The number of aromatic nitrogens is 2. The maximum absolute atomic E-state index is 6.20. The van der Waals surface area contributed by atoms with Crippen molar-refractivity contribution in [3.05, 3.63) is 53.6 Å². The fraction of sp³-hybridized carbons (Fsp3) is 0.583. The number of hydrogen-bond donors (Lipinski definition) is 0. The molecule has 1 saturated heterocycles. The molecule has 0 unspecified atom stereocenters. The zero-order valence-electron chi connectivity index (χ0n) is 18.6. The van der Waals surface area contributed by atoms with E-state index in [0.717, 1.165) is 57.3 Å². The first-order valence-electron chi connectivity index (χ1n) is 11.3. The van der Waals surface area contributed by atoms with E-state index in [4.69, 9.17) is 4.74 Å². The lowest BCUT2D eigenvalue weighted by atomic mass is 10.1. The fourth-order valence-corrected chi connectivity index (χ4v) is 4.68. The van der Waals surface area contributed by atoms with Crippen LogP contribution in [0, 0.1) is 0 Å².